The average molecular weight is 623 g/mol. The highest BCUT2D eigenvalue weighted by molar-refractivity contribution is 7.92. The zero-order valence-electron chi connectivity index (χ0n) is 21.9. The Morgan fingerprint density at radius 3 is 2.20 bits per heavy atom. The van der Waals surface area contributed by atoms with E-state index in [1.165, 1.54) is 23.1 Å². The summed E-state index contributed by atoms with van der Waals surface area (Å²) in [5.41, 5.74) is 0.789. The summed E-state index contributed by atoms with van der Waals surface area (Å²) in [5.74, 6) is -0.893. The van der Waals surface area contributed by atoms with Crippen molar-refractivity contribution >= 4 is 62.3 Å². The summed E-state index contributed by atoms with van der Waals surface area (Å²) in [6.07, 6.45) is 3.84. The molecule has 11 heteroatoms. The molecule has 1 aliphatic carbocycles. The van der Waals surface area contributed by atoms with Crippen LogP contribution >= 0.6 is 34.8 Å². The zero-order valence-corrected chi connectivity index (χ0v) is 25.0. The van der Waals surface area contributed by atoms with Crippen LogP contribution in [0.15, 0.2) is 77.7 Å². The number of nitrogens with zero attached hydrogens (tertiary/aromatic N) is 2. The highest BCUT2D eigenvalue weighted by atomic mass is 35.5. The Morgan fingerprint density at radius 2 is 1.55 bits per heavy atom. The number of hydrogen-bond acceptors (Lipinski definition) is 4. The number of carbonyl (C=O) groups is 2. The van der Waals surface area contributed by atoms with Gasteiger partial charge in [-0.15, -0.1) is 0 Å². The van der Waals surface area contributed by atoms with E-state index in [9.17, 15) is 18.0 Å². The molecule has 212 valence electrons. The van der Waals surface area contributed by atoms with E-state index in [0.717, 1.165) is 30.0 Å². The lowest BCUT2D eigenvalue weighted by Crippen LogP contribution is -2.52. The largest absolute Gasteiger partial charge is 0.352 e. The molecule has 0 bridgehead atoms. The van der Waals surface area contributed by atoms with Crippen molar-refractivity contribution in [2.75, 3.05) is 10.8 Å². The van der Waals surface area contributed by atoms with Gasteiger partial charge >= 0.3 is 0 Å². The van der Waals surface area contributed by atoms with Gasteiger partial charge < -0.3 is 10.2 Å². The summed E-state index contributed by atoms with van der Waals surface area (Å²) < 4.78 is 28.6. The molecule has 4 rings (SSSR count). The number of nitrogens with one attached hydrogen (secondary N) is 1. The minimum atomic E-state index is -4.19. The van der Waals surface area contributed by atoms with Gasteiger partial charge in [-0.1, -0.05) is 84.0 Å². The van der Waals surface area contributed by atoms with Crippen molar-refractivity contribution in [1.82, 2.24) is 10.2 Å². The Labute approximate surface area is 250 Å². The summed E-state index contributed by atoms with van der Waals surface area (Å²) in [4.78, 5) is 28.6. The molecule has 0 unspecified atom stereocenters. The molecule has 0 aliphatic heterocycles. The van der Waals surface area contributed by atoms with Crippen LogP contribution in [-0.4, -0.2) is 43.8 Å². The van der Waals surface area contributed by atoms with Crippen molar-refractivity contribution in [2.24, 2.45) is 0 Å². The molecule has 1 aliphatic rings. The predicted molar refractivity (Wildman–Crippen MR) is 159 cm³/mol. The molecule has 1 saturated carbocycles. The average Bonchev–Trinajstić information content (AvgIpc) is 3.45. The number of benzene rings is 3. The van der Waals surface area contributed by atoms with Crippen LogP contribution in [0, 0.1) is 0 Å². The van der Waals surface area contributed by atoms with E-state index in [0.29, 0.717) is 15.6 Å². The molecule has 3 aromatic carbocycles. The molecule has 0 spiro atoms. The fraction of sp³-hybridized carbons (Fsp3) is 0.310. The van der Waals surface area contributed by atoms with Gasteiger partial charge in [0.25, 0.3) is 10.0 Å². The quantitative estimate of drug-likeness (QED) is 0.287. The first-order valence-electron chi connectivity index (χ1n) is 12.9. The topological polar surface area (TPSA) is 86.8 Å². The first-order valence-corrected chi connectivity index (χ1v) is 15.5. The number of rotatable bonds is 10. The molecular formula is C29H30Cl3N3O4S. The molecule has 3 aromatic rings. The van der Waals surface area contributed by atoms with Gasteiger partial charge in [-0.25, -0.2) is 8.42 Å². The van der Waals surface area contributed by atoms with Gasteiger partial charge in [0.05, 0.1) is 25.7 Å². The summed E-state index contributed by atoms with van der Waals surface area (Å²) in [6, 6.07) is 18.3. The first kappa shape index (κ1) is 30.2. The molecule has 40 heavy (non-hydrogen) atoms. The molecule has 2 amide bonds. The summed E-state index contributed by atoms with van der Waals surface area (Å²) in [7, 11) is -4.19. The third-order valence-corrected chi connectivity index (χ3v) is 9.77. The van der Waals surface area contributed by atoms with Crippen LogP contribution < -0.4 is 9.62 Å². The Bertz CT molecular complexity index is 1460. The van der Waals surface area contributed by atoms with Crippen LogP contribution in [0.4, 0.5) is 5.69 Å². The summed E-state index contributed by atoms with van der Waals surface area (Å²) >= 11 is 18.7. The van der Waals surface area contributed by atoms with Crippen molar-refractivity contribution in [2.45, 2.75) is 56.1 Å². The van der Waals surface area contributed by atoms with E-state index in [4.69, 9.17) is 34.8 Å². The van der Waals surface area contributed by atoms with E-state index in [2.05, 4.69) is 5.32 Å². The fourth-order valence-electron chi connectivity index (χ4n) is 4.70. The van der Waals surface area contributed by atoms with Crippen molar-refractivity contribution in [3.05, 3.63) is 93.4 Å². The van der Waals surface area contributed by atoms with E-state index in [-0.39, 0.29) is 34.1 Å². The number of hydrogen-bond donors (Lipinski definition) is 1. The Hall–Kier alpha value is -2.78. The lowest BCUT2D eigenvalue weighted by Gasteiger charge is -2.32. The van der Waals surface area contributed by atoms with Gasteiger partial charge in [-0.2, -0.15) is 0 Å². The van der Waals surface area contributed by atoms with Gasteiger partial charge in [0.2, 0.25) is 11.8 Å². The summed E-state index contributed by atoms with van der Waals surface area (Å²) in [5, 5.41) is 3.86. The normalized spacial score (nSPS) is 14.5. The van der Waals surface area contributed by atoms with Crippen LogP contribution in [0.1, 0.15) is 38.2 Å². The smallest absolute Gasteiger partial charge is 0.264 e. The van der Waals surface area contributed by atoms with Gasteiger partial charge in [0, 0.05) is 12.6 Å². The van der Waals surface area contributed by atoms with Crippen LogP contribution in [-0.2, 0) is 26.2 Å². The van der Waals surface area contributed by atoms with Crippen molar-refractivity contribution in [3.63, 3.8) is 0 Å². The van der Waals surface area contributed by atoms with Crippen LogP contribution in [0.25, 0.3) is 0 Å². The van der Waals surface area contributed by atoms with Crippen molar-refractivity contribution < 1.29 is 18.0 Å². The van der Waals surface area contributed by atoms with E-state index in [1.807, 2.05) is 0 Å². The first-order chi connectivity index (χ1) is 19.1. The van der Waals surface area contributed by atoms with Gasteiger partial charge in [0.15, 0.2) is 0 Å². The third kappa shape index (κ3) is 7.10. The van der Waals surface area contributed by atoms with Crippen LogP contribution in [0.5, 0.6) is 0 Å². The van der Waals surface area contributed by atoms with E-state index >= 15 is 0 Å². The second-order valence-corrected chi connectivity index (χ2v) is 12.8. The molecule has 7 nitrogen and oxygen atoms in total. The van der Waals surface area contributed by atoms with Gasteiger partial charge in [-0.3, -0.25) is 13.9 Å². The number of para-hydroxylation sites is 1. The molecule has 1 N–H and O–H groups in total. The SMILES string of the molecule is C[C@H](C(=O)NC1CCCC1)N(Cc1ccc(Cl)c(Cl)c1)C(=O)CN(c1ccccc1Cl)S(=O)(=O)c1ccccc1. The lowest BCUT2D eigenvalue weighted by molar-refractivity contribution is -0.139. The lowest BCUT2D eigenvalue weighted by atomic mass is 10.1. The fourth-order valence-corrected chi connectivity index (χ4v) is 6.76. The summed E-state index contributed by atoms with van der Waals surface area (Å²) in [6.45, 7) is 1.06. The van der Waals surface area contributed by atoms with Crippen LogP contribution in [0.2, 0.25) is 15.1 Å². The molecule has 0 radical (unpaired) electrons. The zero-order chi connectivity index (χ0) is 28.9. The maximum atomic E-state index is 14.0. The molecule has 0 saturated heterocycles. The Kier molecular flexibility index (Phi) is 10.0. The second-order valence-electron chi connectivity index (χ2n) is 9.71. The van der Waals surface area contributed by atoms with Gasteiger partial charge in [-0.05, 0) is 61.7 Å². The van der Waals surface area contributed by atoms with Crippen molar-refractivity contribution in [1.29, 1.82) is 0 Å². The number of carbonyl (C=O) groups excluding carboxylic acids is 2. The second kappa shape index (κ2) is 13.3. The maximum absolute atomic E-state index is 14.0. The minimum absolute atomic E-state index is 0.00535. The van der Waals surface area contributed by atoms with E-state index in [1.54, 1.807) is 61.5 Å². The van der Waals surface area contributed by atoms with E-state index < -0.39 is 28.5 Å². The Morgan fingerprint density at radius 1 is 0.900 bits per heavy atom. The molecule has 0 heterocycles. The standard InChI is InChI=1S/C29H30Cl3N3O4S/c1-20(29(37)33-22-9-5-6-10-22)34(18-21-15-16-24(30)26(32)17-21)28(36)19-35(27-14-8-7-13-25(27)31)40(38,39)23-11-3-2-4-12-23/h2-4,7-8,11-17,20,22H,5-6,9-10,18-19H2,1H3,(H,33,37)/t20-/m1/s1. The number of sulfonamides is 1. The monoisotopic (exact) mass is 621 g/mol. The Balaban J connectivity index is 1.70. The highest BCUT2D eigenvalue weighted by Crippen LogP contribution is 2.31. The maximum Gasteiger partial charge on any atom is 0.264 e. The third-order valence-electron chi connectivity index (χ3n) is 6.94. The number of amides is 2. The molecular weight excluding hydrogens is 593 g/mol. The number of anilines is 1. The highest BCUT2D eigenvalue weighted by Gasteiger charge is 2.34. The molecule has 0 aromatic heterocycles. The predicted octanol–water partition coefficient (Wildman–Crippen LogP) is 6.32. The molecule has 1 fully saturated rings. The minimum Gasteiger partial charge on any atom is -0.352 e. The number of halogens is 3. The van der Waals surface area contributed by atoms with Gasteiger partial charge in [0.1, 0.15) is 12.6 Å². The van der Waals surface area contributed by atoms with Crippen LogP contribution in [0.3, 0.4) is 0 Å². The molecule has 1 atom stereocenters. The van der Waals surface area contributed by atoms with Crippen molar-refractivity contribution in [3.8, 4) is 0 Å².